The third-order valence-corrected chi connectivity index (χ3v) is 4.16. The lowest BCUT2D eigenvalue weighted by Crippen LogP contribution is -2.23. The number of anilines is 2. The summed E-state index contributed by atoms with van der Waals surface area (Å²) in [5, 5.41) is 6.92. The molecule has 0 bridgehead atoms. The fraction of sp³-hybridized carbons (Fsp3) is 0.250. The summed E-state index contributed by atoms with van der Waals surface area (Å²) in [4.78, 5) is 25.1. The van der Waals surface area contributed by atoms with Crippen molar-refractivity contribution in [1.29, 1.82) is 0 Å². The molecule has 3 rings (SSSR count). The van der Waals surface area contributed by atoms with Crippen LogP contribution >= 0.6 is 11.3 Å². The molecule has 0 unspecified atom stereocenters. The molecule has 6 heteroatoms. The van der Waals surface area contributed by atoms with Crippen LogP contribution in [0.25, 0.3) is 0 Å². The van der Waals surface area contributed by atoms with E-state index in [0.29, 0.717) is 25.3 Å². The zero-order valence-electron chi connectivity index (χ0n) is 12.0. The van der Waals surface area contributed by atoms with Crippen LogP contribution in [0, 0.1) is 0 Å². The minimum atomic E-state index is -0.346. The molecule has 5 nitrogen and oxygen atoms in total. The summed E-state index contributed by atoms with van der Waals surface area (Å²) in [5.74, 6) is -0.0349. The number of carbonyl (C=O) groups is 2. The van der Waals surface area contributed by atoms with Gasteiger partial charge in [-0.1, -0.05) is 6.07 Å². The van der Waals surface area contributed by atoms with Crippen molar-refractivity contribution in [2.24, 2.45) is 0 Å². The highest BCUT2D eigenvalue weighted by atomic mass is 32.1. The zero-order chi connectivity index (χ0) is 15.4. The SMILES string of the molecule is O=C(CCc1ccsc1)Nc1cccc(N2CCOC2=O)c1. The van der Waals surface area contributed by atoms with Gasteiger partial charge in [-0.2, -0.15) is 11.3 Å². The number of thiophene rings is 1. The number of amides is 2. The second-order valence-corrected chi connectivity index (χ2v) is 5.78. The summed E-state index contributed by atoms with van der Waals surface area (Å²) < 4.78 is 4.92. The molecule has 0 radical (unpaired) electrons. The van der Waals surface area contributed by atoms with Crippen molar-refractivity contribution in [1.82, 2.24) is 0 Å². The van der Waals surface area contributed by atoms with Crippen LogP contribution in [0.2, 0.25) is 0 Å². The predicted octanol–water partition coefficient (Wildman–Crippen LogP) is 3.28. The third-order valence-electron chi connectivity index (χ3n) is 3.42. The van der Waals surface area contributed by atoms with Crippen molar-refractivity contribution < 1.29 is 14.3 Å². The highest BCUT2D eigenvalue weighted by molar-refractivity contribution is 7.07. The van der Waals surface area contributed by atoms with E-state index >= 15 is 0 Å². The predicted molar refractivity (Wildman–Crippen MR) is 86.4 cm³/mol. The molecular formula is C16H16N2O3S. The van der Waals surface area contributed by atoms with Crippen LogP contribution in [0.15, 0.2) is 41.1 Å². The van der Waals surface area contributed by atoms with Crippen molar-refractivity contribution in [2.75, 3.05) is 23.4 Å². The first-order chi connectivity index (χ1) is 10.7. The summed E-state index contributed by atoms with van der Waals surface area (Å²) in [5.41, 5.74) is 2.60. The van der Waals surface area contributed by atoms with Crippen molar-refractivity contribution in [3.8, 4) is 0 Å². The minimum Gasteiger partial charge on any atom is -0.447 e. The van der Waals surface area contributed by atoms with Crippen LogP contribution in [0.1, 0.15) is 12.0 Å². The van der Waals surface area contributed by atoms with Gasteiger partial charge in [-0.05, 0) is 47.0 Å². The number of benzene rings is 1. The average Bonchev–Trinajstić information content (AvgIpc) is 3.16. The van der Waals surface area contributed by atoms with Crippen molar-refractivity contribution in [3.05, 3.63) is 46.7 Å². The van der Waals surface area contributed by atoms with E-state index in [9.17, 15) is 9.59 Å². The van der Waals surface area contributed by atoms with Crippen LogP contribution in [0.5, 0.6) is 0 Å². The maximum atomic E-state index is 12.0. The zero-order valence-corrected chi connectivity index (χ0v) is 12.8. The Morgan fingerprint density at radius 2 is 2.27 bits per heavy atom. The summed E-state index contributed by atoms with van der Waals surface area (Å²) in [7, 11) is 0. The maximum absolute atomic E-state index is 12.0. The Morgan fingerprint density at radius 1 is 1.36 bits per heavy atom. The highest BCUT2D eigenvalue weighted by Crippen LogP contribution is 2.22. The summed E-state index contributed by atoms with van der Waals surface area (Å²) >= 11 is 1.63. The maximum Gasteiger partial charge on any atom is 0.414 e. The molecule has 1 aromatic carbocycles. The molecule has 0 saturated carbocycles. The smallest absolute Gasteiger partial charge is 0.414 e. The van der Waals surface area contributed by atoms with Gasteiger partial charge in [0.05, 0.1) is 6.54 Å². The molecule has 1 N–H and O–H groups in total. The number of aryl methyl sites for hydroxylation is 1. The largest absolute Gasteiger partial charge is 0.447 e. The van der Waals surface area contributed by atoms with Gasteiger partial charge < -0.3 is 10.1 Å². The number of nitrogens with zero attached hydrogens (tertiary/aromatic N) is 1. The van der Waals surface area contributed by atoms with E-state index in [4.69, 9.17) is 4.74 Å². The lowest BCUT2D eigenvalue weighted by Gasteiger charge is -2.14. The summed E-state index contributed by atoms with van der Waals surface area (Å²) in [6.07, 6.45) is 0.820. The van der Waals surface area contributed by atoms with E-state index in [1.165, 1.54) is 5.56 Å². The number of hydrogen-bond acceptors (Lipinski definition) is 4. The monoisotopic (exact) mass is 316 g/mol. The van der Waals surface area contributed by atoms with Gasteiger partial charge >= 0.3 is 6.09 Å². The quantitative estimate of drug-likeness (QED) is 0.921. The second kappa shape index (κ2) is 6.62. The molecule has 1 aromatic heterocycles. The van der Waals surface area contributed by atoms with Gasteiger partial charge in [0, 0.05) is 17.8 Å². The van der Waals surface area contributed by atoms with Gasteiger partial charge in [-0.15, -0.1) is 0 Å². The average molecular weight is 316 g/mol. The molecule has 22 heavy (non-hydrogen) atoms. The number of carbonyl (C=O) groups excluding carboxylic acids is 2. The Bertz CT molecular complexity index is 670. The Balaban J connectivity index is 1.60. The number of hydrogen-bond donors (Lipinski definition) is 1. The first kappa shape index (κ1) is 14.6. The fourth-order valence-corrected chi connectivity index (χ4v) is 3.00. The summed E-state index contributed by atoms with van der Waals surface area (Å²) in [6, 6.07) is 9.27. The first-order valence-corrected chi connectivity index (χ1v) is 8.02. The minimum absolute atomic E-state index is 0.0349. The van der Waals surface area contributed by atoms with E-state index in [1.807, 2.05) is 35.0 Å². The molecule has 2 heterocycles. The Hall–Kier alpha value is -2.34. The lowest BCUT2D eigenvalue weighted by molar-refractivity contribution is -0.116. The highest BCUT2D eigenvalue weighted by Gasteiger charge is 2.23. The van der Waals surface area contributed by atoms with E-state index in [1.54, 1.807) is 22.3 Å². The molecule has 1 aliphatic rings. The van der Waals surface area contributed by atoms with Gasteiger partial charge in [0.15, 0.2) is 0 Å². The first-order valence-electron chi connectivity index (χ1n) is 7.08. The van der Waals surface area contributed by atoms with Gasteiger partial charge in [0.25, 0.3) is 0 Å². The molecule has 1 aliphatic heterocycles. The number of ether oxygens (including phenoxy) is 1. The van der Waals surface area contributed by atoms with Crippen molar-refractivity contribution in [3.63, 3.8) is 0 Å². The van der Waals surface area contributed by atoms with Gasteiger partial charge in [-0.3, -0.25) is 9.69 Å². The van der Waals surface area contributed by atoms with Crippen LogP contribution in [-0.4, -0.2) is 25.2 Å². The van der Waals surface area contributed by atoms with Crippen molar-refractivity contribution >= 4 is 34.7 Å². The van der Waals surface area contributed by atoms with E-state index in [2.05, 4.69) is 5.32 Å². The fourth-order valence-electron chi connectivity index (χ4n) is 2.30. The van der Waals surface area contributed by atoms with Crippen LogP contribution in [0.4, 0.5) is 16.2 Å². The van der Waals surface area contributed by atoms with E-state index in [0.717, 1.165) is 12.1 Å². The normalized spacial score (nSPS) is 14.0. The summed E-state index contributed by atoms with van der Waals surface area (Å²) in [6.45, 7) is 0.935. The number of rotatable bonds is 5. The number of nitrogens with one attached hydrogen (secondary N) is 1. The third kappa shape index (κ3) is 3.46. The van der Waals surface area contributed by atoms with E-state index < -0.39 is 0 Å². The molecule has 2 aromatic rings. The molecule has 2 amide bonds. The van der Waals surface area contributed by atoms with Crippen LogP contribution < -0.4 is 10.2 Å². The van der Waals surface area contributed by atoms with Crippen molar-refractivity contribution in [2.45, 2.75) is 12.8 Å². The molecule has 0 spiro atoms. The topological polar surface area (TPSA) is 58.6 Å². The lowest BCUT2D eigenvalue weighted by atomic mass is 10.2. The molecule has 0 atom stereocenters. The molecule has 0 aliphatic carbocycles. The van der Waals surface area contributed by atoms with Gasteiger partial charge in [0.1, 0.15) is 6.61 Å². The standard InChI is InChI=1S/C16H16N2O3S/c19-15(5-4-12-6-9-22-11-12)17-13-2-1-3-14(10-13)18-7-8-21-16(18)20/h1-3,6,9-11H,4-5,7-8H2,(H,17,19). The van der Waals surface area contributed by atoms with Gasteiger partial charge in [0.2, 0.25) is 5.91 Å². The molecular weight excluding hydrogens is 300 g/mol. The molecule has 1 fully saturated rings. The second-order valence-electron chi connectivity index (χ2n) is 5.00. The number of cyclic esters (lactones) is 1. The Kier molecular flexibility index (Phi) is 4.39. The Morgan fingerprint density at radius 3 is 3.00 bits per heavy atom. The van der Waals surface area contributed by atoms with Gasteiger partial charge in [-0.25, -0.2) is 4.79 Å². The molecule has 114 valence electrons. The van der Waals surface area contributed by atoms with Crippen LogP contribution in [-0.2, 0) is 16.0 Å². The Labute approximate surface area is 132 Å². The molecule has 1 saturated heterocycles. The van der Waals surface area contributed by atoms with E-state index in [-0.39, 0.29) is 12.0 Å². The van der Waals surface area contributed by atoms with Crippen LogP contribution in [0.3, 0.4) is 0 Å².